The number of hydrogen-bond acceptors (Lipinski definition) is 9. The summed E-state index contributed by atoms with van der Waals surface area (Å²) in [5, 5.41) is 73.1. The molecule has 0 bridgehead atoms. The van der Waals surface area contributed by atoms with E-state index in [-0.39, 0.29) is 0 Å². The molecule has 9 nitrogen and oxygen atoms in total. The van der Waals surface area contributed by atoms with Crippen molar-refractivity contribution in [3.05, 3.63) is 0 Å². The molecule has 30 heavy (non-hydrogen) atoms. The molecule has 3 rings (SSSR count). The molecule has 0 spiro atoms. The Bertz CT molecular complexity index is 604. The number of hydrogen-bond donors (Lipinski definition) is 7. The predicted molar refractivity (Wildman–Crippen MR) is 105 cm³/mol. The van der Waals surface area contributed by atoms with Crippen molar-refractivity contribution in [3.8, 4) is 0 Å². The Labute approximate surface area is 177 Å². The SMILES string of the molecule is CC(C)(O)[C@@H]1CC[C@@]2(C)C(C1O[C@@H]1O[C@H](CO)[C@@H](O)[C@H](O)[C@H]1O)[C@@](C)(O)CC[C@@H]2O. The Morgan fingerprint density at radius 3 is 2.20 bits per heavy atom. The van der Waals surface area contributed by atoms with Crippen molar-refractivity contribution in [1.82, 2.24) is 0 Å². The Kier molecular flexibility index (Phi) is 6.64. The number of ether oxygens (including phenoxy) is 2. The lowest BCUT2D eigenvalue weighted by Gasteiger charge is -2.61. The molecule has 1 saturated heterocycles. The van der Waals surface area contributed by atoms with Gasteiger partial charge in [0.15, 0.2) is 6.29 Å². The summed E-state index contributed by atoms with van der Waals surface area (Å²) in [6.07, 6.45) is -6.77. The highest BCUT2D eigenvalue weighted by atomic mass is 16.7. The topological polar surface area (TPSA) is 160 Å². The van der Waals surface area contributed by atoms with Crippen molar-refractivity contribution < 1.29 is 45.2 Å². The second-order valence-corrected chi connectivity index (χ2v) is 10.5. The van der Waals surface area contributed by atoms with Gasteiger partial charge in [0, 0.05) is 17.3 Å². The van der Waals surface area contributed by atoms with Crippen LogP contribution in [0.3, 0.4) is 0 Å². The van der Waals surface area contributed by atoms with Crippen molar-refractivity contribution in [2.24, 2.45) is 17.3 Å². The second-order valence-electron chi connectivity index (χ2n) is 10.5. The molecule has 7 N–H and O–H groups in total. The molecule has 3 fully saturated rings. The van der Waals surface area contributed by atoms with Gasteiger partial charge < -0.3 is 45.2 Å². The van der Waals surface area contributed by atoms with Crippen LogP contribution >= 0.6 is 0 Å². The molecule has 11 atom stereocenters. The molecule has 9 heteroatoms. The summed E-state index contributed by atoms with van der Waals surface area (Å²) in [6, 6.07) is 0. The van der Waals surface area contributed by atoms with Crippen LogP contribution < -0.4 is 0 Å². The average Bonchev–Trinajstić information content (AvgIpc) is 2.64. The van der Waals surface area contributed by atoms with Crippen LogP contribution in [0.15, 0.2) is 0 Å². The van der Waals surface area contributed by atoms with Gasteiger partial charge in [-0.05, 0) is 46.5 Å². The molecule has 1 heterocycles. The van der Waals surface area contributed by atoms with Crippen LogP contribution in [0.4, 0.5) is 0 Å². The van der Waals surface area contributed by atoms with E-state index in [9.17, 15) is 35.7 Å². The standard InChI is InChI=1S/C21H38O9/c1-19(2,27)10-5-7-20(3)12(23)6-8-21(4,28)17(20)16(10)30-18-15(26)14(25)13(24)11(9-22)29-18/h10-18,22-28H,5-9H2,1-4H3/t10-,11-,12+,13-,14+,15-,16?,17?,18+,20-,21+/m1/s1. The van der Waals surface area contributed by atoms with Gasteiger partial charge in [0.25, 0.3) is 0 Å². The van der Waals surface area contributed by atoms with Crippen LogP contribution in [0, 0.1) is 17.3 Å². The molecular formula is C21H38O9. The molecule has 1 aliphatic heterocycles. The lowest BCUT2D eigenvalue weighted by molar-refractivity contribution is -0.342. The molecule has 3 aliphatic rings. The zero-order valence-electron chi connectivity index (χ0n) is 18.2. The third-order valence-electron chi connectivity index (χ3n) is 7.83. The first-order valence-corrected chi connectivity index (χ1v) is 10.8. The van der Waals surface area contributed by atoms with E-state index in [0.29, 0.717) is 25.7 Å². The first-order valence-electron chi connectivity index (χ1n) is 10.8. The van der Waals surface area contributed by atoms with Crippen molar-refractivity contribution in [2.45, 2.75) is 107 Å². The Hall–Kier alpha value is -0.360. The van der Waals surface area contributed by atoms with Gasteiger partial charge in [-0.2, -0.15) is 0 Å². The summed E-state index contributed by atoms with van der Waals surface area (Å²) in [5.41, 5.74) is -3.06. The van der Waals surface area contributed by atoms with Gasteiger partial charge in [-0.25, -0.2) is 0 Å². The van der Waals surface area contributed by atoms with Gasteiger partial charge in [-0.3, -0.25) is 0 Å². The van der Waals surface area contributed by atoms with Crippen LogP contribution in [-0.4, -0.2) is 96.5 Å². The highest BCUT2D eigenvalue weighted by Gasteiger charge is 2.62. The lowest BCUT2D eigenvalue weighted by atomic mass is 9.50. The van der Waals surface area contributed by atoms with E-state index >= 15 is 0 Å². The van der Waals surface area contributed by atoms with Crippen molar-refractivity contribution in [1.29, 1.82) is 0 Å². The maximum absolute atomic E-state index is 11.3. The van der Waals surface area contributed by atoms with Crippen molar-refractivity contribution >= 4 is 0 Å². The fraction of sp³-hybridized carbons (Fsp3) is 1.00. The van der Waals surface area contributed by atoms with Gasteiger partial charge >= 0.3 is 0 Å². The van der Waals surface area contributed by atoms with E-state index in [2.05, 4.69) is 0 Å². The van der Waals surface area contributed by atoms with Crippen LogP contribution in [0.5, 0.6) is 0 Å². The second kappa shape index (κ2) is 8.20. The van der Waals surface area contributed by atoms with Gasteiger partial charge in [0.2, 0.25) is 0 Å². The molecule has 2 saturated carbocycles. The normalized spacial score (nSPS) is 52.7. The van der Waals surface area contributed by atoms with Crippen molar-refractivity contribution in [2.75, 3.05) is 6.61 Å². The molecule has 0 radical (unpaired) electrons. The van der Waals surface area contributed by atoms with Gasteiger partial charge in [0.1, 0.15) is 24.4 Å². The maximum Gasteiger partial charge on any atom is 0.186 e. The van der Waals surface area contributed by atoms with E-state index in [1.807, 2.05) is 6.92 Å². The molecule has 0 aromatic heterocycles. The highest BCUT2D eigenvalue weighted by Crippen LogP contribution is 2.58. The van der Waals surface area contributed by atoms with E-state index in [1.165, 1.54) is 0 Å². The summed E-state index contributed by atoms with van der Waals surface area (Å²) < 4.78 is 11.7. The molecule has 176 valence electrons. The molecule has 0 amide bonds. The summed E-state index contributed by atoms with van der Waals surface area (Å²) in [6.45, 7) is 6.32. The largest absolute Gasteiger partial charge is 0.394 e. The van der Waals surface area contributed by atoms with Gasteiger partial charge in [-0.1, -0.05) is 6.92 Å². The first-order chi connectivity index (χ1) is 13.7. The zero-order chi connectivity index (χ0) is 22.6. The Morgan fingerprint density at radius 1 is 1.00 bits per heavy atom. The first kappa shape index (κ1) is 24.3. The molecule has 0 aromatic rings. The summed E-state index contributed by atoms with van der Waals surface area (Å²) in [7, 11) is 0. The summed E-state index contributed by atoms with van der Waals surface area (Å²) >= 11 is 0. The average molecular weight is 435 g/mol. The van der Waals surface area contributed by atoms with Crippen LogP contribution in [0.1, 0.15) is 53.4 Å². The number of aliphatic hydroxyl groups excluding tert-OH is 5. The minimum absolute atomic E-state index is 0.349. The van der Waals surface area contributed by atoms with Gasteiger partial charge in [0.05, 0.1) is 30.0 Å². The smallest absolute Gasteiger partial charge is 0.186 e. The number of rotatable bonds is 4. The molecule has 2 unspecified atom stereocenters. The van der Waals surface area contributed by atoms with E-state index in [0.717, 1.165) is 0 Å². The minimum atomic E-state index is -1.59. The monoisotopic (exact) mass is 434 g/mol. The Morgan fingerprint density at radius 2 is 1.63 bits per heavy atom. The molecular weight excluding hydrogens is 396 g/mol. The fourth-order valence-electron chi connectivity index (χ4n) is 6.01. The van der Waals surface area contributed by atoms with E-state index < -0.39 is 78.0 Å². The number of fused-ring (bicyclic) bond motifs is 1. The number of aliphatic hydroxyl groups is 7. The van der Waals surface area contributed by atoms with E-state index in [4.69, 9.17) is 9.47 Å². The minimum Gasteiger partial charge on any atom is -0.394 e. The maximum atomic E-state index is 11.3. The fourth-order valence-corrected chi connectivity index (χ4v) is 6.01. The summed E-state index contributed by atoms with van der Waals surface area (Å²) in [4.78, 5) is 0. The third-order valence-corrected chi connectivity index (χ3v) is 7.83. The highest BCUT2D eigenvalue weighted by molar-refractivity contribution is 5.11. The van der Waals surface area contributed by atoms with Gasteiger partial charge in [-0.15, -0.1) is 0 Å². The molecule has 2 aliphatic carbocycles. The lowest BCUT2D eigenvalue weighted by Crippen LogP contribution is -2.67. The summed E-state index contributed by atoms with van der Waals surface area (Å²) in [5.74, 6) is -1.02. The van der Waals surface area contributed by atoms with Crippen molar-refractivity contribution in [3.63, 3.8) is 0 Å². The van der Waals surface area contributed by atoms with Crippen LogP contribution in [0.25, 0.3) is 0 Å². The molecule has 0 aromatic carbocycles. The third kappa shape index (κ3) is 4.04. The Balaban J connectivity index is 1.98. The van der Waals surface area contributed by atoms with Crippen LogP contribution in [0.2, 0.25) is 0 Å². The predicted octanol–water partition coefficient (Wildman–Crippen LogP) is -1.12. The van der Waals surface area contributed by atoms with E-state index in [1.54, 1.807) is 20.8 Å². The zero-order valence-corrected chi connectivity index (χ0v) is 18.2. The van der Waals surface area contributed by atoms with Crippen LogP contribution in [-0.2, 0) is 9.47 Å². The quantitative estimate of drug-likeness (QED) is 0.291.